The minimum atomic E-state index is -5.81. The number of alkyl halides is 6. The molecule has 1 aliphatic carbocycles. The topological polar surface area (TPSA) is 73.8 Å². The van der Waals surface area contributed by atoms with E-state index in [2.05, 4.69) is 0 Å². The van der Waals surface area contributed by atoms with Gasteiger partial charge in [-0.3, -0.25) is 0 Å². The number of ether oxygens (including phenoxy) is 8. The number of methoxy groups -OCH3 is 2. The van der Waals surface area contributed by atoms with Crippen molar-refractivity contribution in [3.05, 3.63) is 131 Å². The van der Waals surface area contributed by atoms with Crippen molar-refractivity contribution in [2.24, 2.45) is 0 Å². The van der Waals surface area contributed by atoms with Crippen LogP contribution in [-0.2, 0) is 39.3 Å². The van der Waals surface area contributed by atoms with Crippen molar-refractivity contribution in [3.63, 3.8) is 0 Å². The monoisotopic (exact) mass is 1080 g/mol. The summed E-state index contributed by atoms with van der Waals surface area (Å²) in [6.07, 6.45) is 0. The summed E-state index contributed by atoms with van der Waals surface area (Å²) in [6, 6.07) is 30.5. The summed E-state index contributed by atoms with van der Waals surface area (Å²) in [4.78, 5) is 1.07. The summed E-state index contributed by atoms with van der Waals surface area (Å²) in [7, 11) is 3.19. The predicted octanol–water partition coefficient (Wildman–Crippen LogP) is 15.0. The maximum atomic E-state index is 17.1. The van der Waals surface area contributed by atoms with E-state index in [1.165, 1.54) is 12.1 Å². The number of hydrogen-bond acceptors (Lipinski definition) is 10. The van der Waals surface area contributed by atoms with Crippen LogP contribution in [0.2, 0.25) is 0 Å². The van der Waals surface area contributed by atoms with Crippen LogP contribution in [0.1, 0.15) is 63.8 Å². The van der Waals surface area contributed by atoms with Crippen LogP contribution in [0, 0.1) is 0 Å². The molecule has 8 nitrogen and oxygen atoms in total. The average Bonchev–Trinajstić information content (AvgIpc) is 4.07. The molecule has 1 aliphatic rings. The summed E-state index contributed by atoms with van der Waals surface area (Å²) in [5, 5.41) is 0. The molecule has 2 aromatic heterocycles. The number of allylic oxidation sites excluding steroid dienone is 2. The van der Waals surface area contributed by atoms with Crippen LogP contribution in [0.25, 0.3) is 52.9 Å². The van der Waals surface area contributed by atoms with Crippen molar-refractivity contribution in [1.29, 1.82) is 0 Å². The largest absolute Gasteiger partial charge is 0.491 e. The second-order valence-corrected chi connectivity index (χ2v) is 22.1. The van der Waals surface area contributed by atoms with Gasteiger partial charge in [0.05, 0.1) is 66.1 Å². The van der Waals surface area contributed by atoms with Crippen molar-refractivity contribution in [1.82, 2.24) is 0 Å². The van der Waals surface area contributed by atoms with E-state index in [0.717, 1.165) is 33.8 Å². The molecule has 0 radical (unpaired) electrons. The van der Waals surface area contributed by atoms with Crippen molar-refractivity contribution >= 4 is 33.8 Å². The molecular weight excluding hydrogens is 1010 g/mol. The molecule has 0 aliphatic heterocycles. The van der Waals surface area contributed by atoms with Gasteiger partial charge < -0.3 is 37.9 Å². The molecule has 2 heterocycles. The average molecular weight is 1080 g/mol. The van der Waals surface area contributed by atoms with Gasteiger partial charge in [0, 0.05) is 56.0 Å². The Morgan fingerprint density at radius 2 is 0.680 bits per heavy atom. The fourth-order valence-electron chi connectivity index (χ4n) is 8.34. The van der Waals surface area contributed by atoms with Crippen molar-refractivity contribution in [2.75, 3.05) is 93.5 Å². The second-order valence-electron chi connectivity index (χ2n) is 20.0. The SMILES string of the molecule is COCCOCCOCCOc1ccc(-c2cc(C3=C(c4cc(-c5ccc(OCCOCCOCCOC)cc5)sc4-c4ccc(C(C)(C)C)cc4)C(F)(F)C(F)(F)C3(F)F)c(-c3ccc(C(C)(C)C)cc3)s2)cc1. The third-order valence-corrected chi connectivity index (χ3v) is 15.0. The van der Waals surface area contributed by atoms with E-state index in [1.807, 2.05) is 65.8 Å². The minimum absolute atomic E-state index is 0.137. The molecule has 6 aromatic rings. The van der Waals surface area contributed by atoms with Gasteiger partial charge in [-0.25, -0.2) is 0 Å². The van der Waals surface area contributed by atoms with E-state index in [9.17, 15) is 0 Å². The van der Waals surface area contributed by atoms with Gasteiger partial charge in [-0.15, -0.1) is 22.7 Å². The normalized spacial score (nSPS) is 15.2. The van der Waals surface area contributed by atoms with E-state index in [4.69, 9.17) is 37.9 Å². The molecule has 0 N–H and O–H groups in total. The fourth-order valence-corrected chi connectivity index (χ4v) is 10.7. The van der Waals surface area contributed by atoms with Gasteiger partial charge in [-0.1, -0.05) is 90.1 Å². The van der Waals surface area contributed by atoms with Crippen molar-refractivity contribution in [3.8, 4) is 53.3 Å². The fraction of sp³-hybridized carbons (Fsp3) is 0.424. The number of benzene rings is 4. The summed E-state index contributed by atoms with van der Waals surface area (Å²) in [5.74, 6) is -15.5. The van der Waals surface area contributed by atoms with Crippen LogP contribution in [0.5, 0.6) is 11.5 Å². The van der Waals surface area contributed by atoms with E-state index >= 15 is 26.3 Å². The molecule has 16 heteroatoms. The van der Waals surface area contributed by atoms with Gasteiger partial charge in [0.15, 0.2) is 0 Å². The maximum absolute atomic E-state index is 17.1. The third kappa shape index (κ3) is 13.6. The highest BCUT2D eigenvalue weighted by molar-refractivity contribution is 7.19. The number of thiophene rings is 2. The molecule has 404 valence electrons. The van der Waals surface area contributed by atoms with Gasteiger partial charge in [0.25, 0.3) is 0 Å². The van der Waals surface area contributed by atoms with Crippen LogP contribution < -0.4 is 9.47 Å². The second kappa shape index (κ2) is 25.0. The zero-order valence-corrected chi connectivity index (χ0v) is 45.4. The van der Waals surface area contributed by atoms with Gasteiger partial charge in [0.2, 0.25) is 0 Å². The summed E-state index contributed by atoms with van der Waals surface area (Å²) >= 11 is 2.12. The highest BCUT2D eigenvalue weighted by atomic mass is 32.1. The van der Waals surface area contributed by atoms with Crippen LogP contribution in [-0.4, -0.2) is 111 Å². The number of halogens is 6. The molecule has 7 rings (SSSR count). The lowest BCUT2D eigenvalue weighted by atomic mass is 9.86. The first-order chi connectivity index (χ1) is 35.7. The lowest BCUT2D eigenvalue weighted by Crippen LogP contribution is -2.48. The number of rotatable bonds is 26. The molecule has 0 amide bonds. The Balaban J connectivity index is 1.30. The quantitative estimate of drug-likeness (QED) is 0.0393. The van der Waals surface area contributed by atoms with Crippen LogP contribution >= 0.6 is 22.7 Å². The Hall–Kier alpha value is -5.04. The van der Waals surface area contributed by atoms with E-state index in [-0.39, 0.29) is 33.8 Å². The number of hydrogen-bond donors (Lipinski definition) is 0. The van der Waals surface area contributed by atoms with Gasteiger partial charge in [0.1, 0.15) is 24.7 Å². The molecule has 0 atom stereocenters. The standard InChI is InChI=1S/C59H66F6O8S2/c1-55(2,3)43-17-9-41(10-18-43)53-47(37-49(74-53)39-13-21-45(22-14-39)72-35-33-70-31-29-68-27-25-66-7)51-52(58(62,63)59(64,65)57(51,60)61)48-38-50(75-54(48)42-11-19-44(20-12-42)56(4,5)6)40-15-23-46(24-16-40)73-36-34-71-32-30-69-28-26-67-8/h9-24,37-38H,25-36H2,1-8H3. The van der Waals surface area contributed by atoms with Gasteiger partial charge in [-0.05, 0) is 105 Å². The summed E-state index contributed by atoms with van der Waals surface area (Å²) in [6.45, 7) is 16.6. The van der Waals surface area contributed by atoms with Crippen molar-refractivity contribution < 1.29 is 64.2 Å². The van der Waals surface area contributed by atoms with Crippen molar-refractivity contribution in [2.45, 2.75) is 70.1 Å². The Labute approximate surface area is 444 Å². The molecule has 75 heavy (non-hydrogen) atoms. The Morgan fingerprint density at radius 3 is 0.987 bits per heavy atom. The molecule has 0 bridgehead atoms. The van der Waals surface area contributed by atoms with Crippen LogP contribution in [0.4, 0.5) is 26.3 Å². The van der Waals surface area contributed by atoms with Gasteiger partial charge in [-0.2, -0.15) is 26.3 Å². The van der Waals surface area contributed by atoms with Crippen LogP contribution in [0.15, 0.2) is 109 Å². The predicted molar refractivity (Wildman–Crippen MR) is 287 cm³/mol. The zero-order chi connectivity index (χ0) is 54.0. The molecule has 0 spiro atoms. The molecule has 0 fully saturated rings. The third-order valence-electron chi connectivity index (χ3n) is 12.6. The maximum Gasteiger partial charge on any atom is 0.380 e. The first-order valence-corrected chi connectivity index (χ1v) is 26.5. The van der Waals surface area contributed by atoms with E-state index in [0.29, 0.717) is 110 Å². The lowest BCUT2D eigenvalue weighted by molar-refractivity contribution is -0.254. The highest BCUT2D eigenvalue weighted by Gasteiger charge is 2.80. The molecule has 0 saturated carbocycles. The van der Waals surface area contributed by atoms with Gasteiger partial charge >= 0.3 is 17.8 Å². The van der Waals surface area contributed by atoms with E-state index in [1.54, 1.807) is 87.0 Å². The molecular formula is C59H66F6O8S2. The zero-order valence-electron chi connectivity index (χ0n) is 43.7. The first kappa shape index (κ1) is 57.7. The Kier molecular flexibility index (Phi) is 19.2. The molecule has 4 aromatic carbocycles. The smallest absolute Gasteiger partial charge is 0.380 e. The van der Waals surface area contributed by atoms with E-state index < -0.39 is 40.0 Å². The summed E-state index contributed by atoms with van der Waals surface area (Å²) < 4.78 is 145. The molecule has 0 saturated heterocycles. The Morgan fingerprint density at radius 1 is 0.387 bits per heavy atom. The summed E-state index contributed by atoms with van der Waals surface area (Å²) in [5.41, 5.74) is -0.485. The minimum Gasteiger partial charge on any atom is -0.491 e. The highest BCUT2D eigenvalue weighted by Crippen LogP contribution is 2.67. The first-order valence-electron chi connectivity index (χ1n) is 24.8. The molecule has 0 unspecified atom stereocenters. The van der Waals surface area contributed by atoms with Crippen LogP contribution in [0.3, 0.4) is 0 Å². The Bertz CT molecular complexity index is 2600. The lowest BCUT2D eigenvalue weighted by Gasteiger charge is -2.26.